The van der Waals surface area contributed by atoms with Crippen LogP contribution in [-0.2, 0) is 0 Å². The topological polar surface area (TPSA) is 3.24 Å². The van der Waals surface area contributed by atoms with Crippen molar-refractivity contribution in [3.05, 3.63) is 0 Å². The lowest BCUT2D eigenvalue weighted by Gasteiger charge is -2.13. The van der Waals surface area contributed by atoms with Crippen LogP contribution < -0.4 is 0 Å². The van der Waals surface area contributed by atoms with Crippen LogP contribution in [0.2, 0.25) is 0 Å². The molecule has 1 aliphatic heterocycles. The first-order valence-electron chi connectivity index (χ1n) is 3.02. The lowest BCUT2D eigenvalue weighted by Crippen LogP contribution is -2.24. The van der Waals surface area contributed by atoms with Crippen molar-refractivity contribution in [3.8, 4) is 0 Å². The van der Waals surface area contributed by atoms with Gasteiger partial charge < -0.3 is 0 Å². The molecule has 1 atom stereocenters. The van der Waals surface area contributed by atoms with Crippen LogP contribution in [0.3, 0.4) is 0 Å². The number of nitrogens with zero attached hydrogens (tertiary/aromatic N) is 1. The number of hydrogen-bond donors (Lipinski definition) is 0. The van der Waals surface area contributed by atoms with Gasteiger partial charge in [-0.15, -0.1) is 8.86 Å². The average molecular weight is 129 g/mol. The van der Waals surface area contributed by atoms with Crippen LogP contribution in [0.25, 0.3) is 0 Å². The summed E-state index contributed by atoms with van der Waals surface area (Å²) in [6.45, 7) is 2.24. The van der Waals surface area contributed by atoms with E-state index in [0.717, 1.165) is 6.04 Å². The Balaban J connectivity index is 2.56. The third-order valence-electron chi connectivity index (χ3n) is 1.89. The van der Waals surface area contributed by atoms with E-state index in [9.17, 15) is 0 Å². The van der Waals surface area contributed by atoms with Crippen molar-refractivity contribution in [1.82, 2.24) is 4.90 Å². The maximum atomic E-state index is 3.53. The van der Waals surface area contributed by atoms with Crippen molar-refractivity contribution in [3.63, 3.8) is 0 Å². The van der Waals surface area contributed by atoms with Crippen LogP contribution >= 0.6 is 8.86 Å². The third-order valence-corrected chi connectivity index (χ3v) is 2.49. The minimum atomic E-state index is 0.738. The number of hydrogen-bond acceptors (Lipinski definition) is 0. The van der Waals surface area contributed by atoms with Gasteiger partial charge >= 0.3 is 0 Å². The van der Waals surface area contributed by atoms with Gasteiger partial charge in [0.25, 0.3) is 0 Å². The minimum absolute atomic E-state index is 0.738. The van der Waals surface area contributed by atoms with E-state index in [1.54, 1.807) is 0 Å². The van der Waals surface area contributed by atoms with Gasteiger partial charge in [0.2, 0.25) is 0 Å². The van der Waals surface area contributed by atoms with Gasteiger partial charge in [0, 0.05) is 11.5 Å². The van der Waals surface area contributed by atoms with Gasteiger partial charge in [0.05, 0.1) is 0 Å². The summed E-state index contributed by atoms with van der Waals surface area (Å²) in [5, 5.41) is 0. The summed E-state index contributed by atoms with van der Waals surface area (Å²) in [6, 6.07) is 0.738. The van der Waals surface area contributed by atoms with Crippen molar-refractivity contribution < 1.29 is 0 Å². The highest BCUT2D eigenvalue weighted by atomic mass is 31.0. The van der Waals surface area contributed by atoms with Crippen LogP contribution in [0.15, 0.2) is 0 Å². The maximum absolute atomic E-state index is 3.53. The molecule has 0 spiro atoms. The minimum Gasteiger partial charge on any atom is -0.275 e. The molecule has 1 saturated heterocycles. The molecule has 0 saturated carbocycles. The molecule has 0 amide bonds. The zero-order valence-electron chi connectivity index (χ0n) is 5.44. The molecule has 0 aliphatic carbocycles. The van der Waals surface area contributed by atoms with Gasteiger partial charge in [-0.25, -0.2) is 0 Å². The molecule has 1 heterocycles. The van der Waals surface area contributed by atoms with Crippen LogP contribution in [0.1, 0.15) is 19.8 Å². The molecule has 0 radical (unpaired) electrons. The first-order chi connectivity index (χ1) is 3.72. The fourth-order valence-electron chi connectivity index (χ4n) is 0.982. The molecule has 46 valence electrons. The molecular formula is C6H12NP. The second kappa shape index (κ2) is 2.16. The molecule has 1 unspecified atom stereocenters. The molecule has 0 bridgehead atoms. The number of likely N-dealkylation sites (tertiary alicyclic amines) is 1. The van der Waals surface area contributed by atoms with Crippen LogP contribution in [0, 0.1) is 0 Å². The van der Waals surface area contributed by atoms with Gasteiger partial charge in [-0.3, -0.25) is 4.90 Å². The lowest BCUT2D eigenvalue weighted by molar-refractivity contribution is 0.427. The Hall–Kier alpha value is 0.130. The van der Waals surface area contributed by atoms with E-state index in [4.69, 9.17) is 0 Å². The molecule has 0 N–H and O–H groups in total. The summed E-state index contributed by atoms with van der Waals surface area (Å²) in [4.78, 5) is 2.27. The van der Waals surface area contributed by atoms with E-state index in [1.165, 1.54) is 18.3 Å². The second-order valence-electron chi connectivity index (χ2n) is 2.45. The summed E-state index contributed by atoms with van der Waals surface area (Å²) in [6.07, 6.45) is 2.52. The monoisotopic (exact) mass is 129 g/mol. The molecule has 2 heteroatoms. The van der Waals surface area contributed by atoms with Gasteiger partial charge in [-0.1, -0.05) is 0 Å². The SMILES string of the molecule is CC1CCC(=P)N1C. The van der Waals surface area contributed by atoms with Crippen molar-refractivity contribution in [2.24, 2.45) is 0 Å². The maximum Gasteiger partial charge on any atom is 0.0144 e. The van der Waals surface area contributed by atoms with Crippen LogP contribution in [0.5, 0.6) is 0 Å². The van der Waals surface area contributed by atoms with E-state index >= 15 is 0 Å². The van der Waals surface area contributed by atoms with E-state index in [1.807, 2.05) is 0 Å². The van der Waals surface area contributed by atoms with Gasteiger partial charge in [0.15, 0.2) is 0 Å². The Bertz CT molecular complexity index is 111. The predicted molar refractivity (Wildman–Crippen MR) is 39.8 cm³/mol. The molecular weight excluding hydrogens is 117 g/mol. The Kier molecular flexibility index (Phi) is 1.69. The van der Waals surface area contributed by atoms with E-state index in [2.05, 4.69) is 27.7 Å². The molecule has 1 aliphatic rings. The standard InChI is InChI=1S/C6H12NP/c1-5-3-4-6(8)7(5)2/h5,8H,3-4H2,1-2H3. The Labute approximate surface area is 52.9 Å². The molecule has 0 aromatic heterocycles. The first kappa shape index (κ1) is 6.25. The molecule has 0 aromatic carbocycles. The molecule has 0 aromatic rings. The van der Waals surface area contributed by atoms with E-state index in [0.29, 0.717) is 0 Å². The highest BCUT2D eigenvalue weighted by molar-refractivity contribution is 7.20. The second-order valence-corrected chi connectivity index (χ2v) is 3.02. The Morgan fingerprint density at radius 3 is 2.50 bits per heavy atom. The highest BCUT2D eigenvalue weighted by Crippen LogP contribution is 2.16. The van der Waals surface area contributed by atoms with Crippen molar-refractivity contribution >= 4 is 14.3 Å². The zero-order chi connectivity index (χ0) is 6.15. The normalized spacial score (nSPS) is 31.8. The van der Waals surface area contributed by atoms with E-state index < -0.39 is 0 Å². The smallest absolute Gasteiger partial charge is 0.0144 e. The summed E-state index contributed by atoms with van der Waals surface area (Å²) in [7, 11) is 5.66. The summed E-state index contributed by atoms with van der Waals surface area (Å²) in [5.41, 5.74) is 1.34. The lowest BCUT2D eigenvalue weighted by atomic mass is 10.2. The van der Waals surface area contributed by atoms with E-state index in [-0.39, 0.29) is 0 Å². The fraction of sp³-hybridized carbons (Fsp3) is 0.833. The van der Waals surface area contributed by atoms with Gasteiger partial charge in [-0.2, -0.15) is 0 Å². The van der Waals surface area contributed by atoms with Crippen LogP contribution in [0.4, 0.5) is 0 Å². The molecule has 8 heavy (non-hydrogen) atoms. The Morgan fingerprint density at radius 2 is 2.38 bits per heavy atom. The number of rotatable bonds is 0. The van der Waals surface area contributed by atoms with Gasteiger partial charge in [0.1, 0.15) is 0 Å². The van der Waals surface area contributed by atoms with Crippen molar-refractivity contribution in [1.29, 1.82) is 0 Å². The quantitative estimate of drug-likeness (QED) is 0.446. The molecule has 1 nitrogen and oxygen atoms in total. The first-order valence-corrected chi connectivity index (χ1v) is 3.52. The average Bonchev–Trinajstić information content (AvgIpc) is 1.98. The third kappa shape index (κ3) is 0.936. The largest absolute Gasteiger partial charge is 0.275 e. The highest BCUT2D eigenvalue weighted by Gasteiger charge is 2.19. The summed E-state index contributed by atoms with van der Waals surface area (Å²) in [5.74, 6) is 0. The van der Waals surface area contributed by atoms with Crippen molar-refractivity contribution in [2.45, 2.75) is 25.8 Å². The Morgan fingerprint density at radius 1 is 1.75 bits per heavy atom. The predicted octanol–water partition coefficient (Wildman–Crippen LogP) is 1.37. The zero-order valence-corrected chi connectivity index (χ0v) is 6.44. The summed E-state index contributed by atoms with van der Waals surface area (Å²) >= 11 is 0. The molecule has 1 rings (SSSR count). The van der Waals surface area contributed by atoms with Crippen LogP contribution in [-0.4, -0.2) is 23.4 Å². The van der Waals surface area contributed by atoms with Gasteiger partial charge in [-0.05, 0) is 26.8 Å². The fourth-order valence-corrected chi connectivity index (χ4v) is 1.35. The molecule has 1 fully saturated rings. The van der Waals surface area contributed by atoms with Crippen molar-refractivity contribution in [2.75, 3.05) is 7.05 Å². The summed E-state index contributed by atoms with van der Waals surface area (Å²) < 4.78 is 0.